The molecule has 0 aliphatic heterocycles. The van der Waals surface area contributed by atoms with Crippen LogP contribution in [0.5, 0.6) is 0 Å². The number of hydrogen-bond acceptors (Lipinski definition) is 4. The van der Waals surface area contributed by atoms with E-state index in [1.54, 1.807) is 0 Å². The molecule has 4 nitrogen and oxygen atoms in total. The number of ether oxygens (including phenoxy) is 3. The van der Waals surface area contributed by atoms with Crippen LogP contribution in [0.3, 0.4) is 0 Å². The third-order valence-electron chi connectivity index (χ3n) is 2.15. The average molecular weight is 270 g/mol. The van der Waals surface area contributed by atoms with E-state index in [4.69, 9.17) is 19.9 Å². The van der Waals surface area contributed by atoms with E-state index in [-0.39, 0.29) is 12.4 Å². The summed E-state index contributed by atoms with van der Waals surface area (Å²) in [6.45, 7) is 6.82. The lowest BCUT2D eigenvalue weighted by atomic mass is 10.2. The van der Waals surface area contributed by atoms with Gasteiger partial charge in [-0.3, -0.25) is 0 Å². The van der Waals surface area contributed by atoms with E-state index in [1.165, 1.54) is 19.3 Å². The Morgan fingerprint density at radius 2 is 1.24 bits per heavy atom. The Morgan fingerprint density at radius 3 is 1.76 bits per heavy atom. The minimum Gasteiger partial charge on any atom is -0.379 e. The predicted molar refractivity (Wildman–Crippen MR) is 72.9 cm³/mol. The summed E-state index contributed by atoms with van der Waals surface area (Å²) < 4.78 is 15.9. The van der Waals surface area contributed by atoms with Crippen LogP contribution in [0.2, 0.25) is 0 Å². The van der Waals surface area contributed by atoms with Gasteiger partial charge < -0.3 is 19.9 Å². The first-order valence-electron chi connectivity index (χ1n) is 6.35. The molecule has 0 spiro atoms. The van der Waals surface area contributed by atoms with Crippen LogP contribution >= 0.6 is 12.4 Å². The molecular formula is C12H28ClNO3. The maximum Gasteiger partial charge on any atom is 0.0701 e. The van der Waals surface area contributed by atoms with Crippen molar-refractivity contribution in [1.82, 2.24) is 0 Å². The summed E-state index contributed by atoms with van der Waals surface area (Å²) in [4.78, 5) is 0. The zero-order valence-electron chi connectivity index (χ0n) is 11.0. The van der Waals surface area contributed by atoms with E-state index < -0.39 is 0 Å². The maximum absolute atomic E-state index is 5.42. The second kappa shape index (κ2) is 18.5. The Hall–Kier alpha value is 0.130. The lowest BCUT2D eigenvalue weighted by Crippen LogP contribution is -2.13. The van der Waals surface area contributed by atoms with Crippen LogP contribution in [-0.2, 0) is 14.2 Å². The second-order valence-corrected chi connectivity index (χ2v) is 3.69. The van der Waals surface area contributed by atoms with Crippen LogP contribution in [0.15, 0.2) is 0 Å². The SMILES string of the molecule is CCCCCCOCCOCCOCCN.Cl. The molecule has 0 heterocycles. The fourth-order valence-corrected chi connectivity index (χ4v) is 1.26. The molecule has 0 aromatic heterocycles. The quantitative estimate of drug-likeness (QED) is 0.520. The van der Waals surface area contributed by atoms with E-state index in [0.29, 0.717) is 39.6 Å². The van der Waals surface area contributed by atoms with Gasteiger partial charge >= 0.3 is 0 Å². The van der Waals surface area contributed by atoms with Crippen molar-refractivity contribution in [2.24, 2.45) is 5.73 Å². The number of rotatable bonds is 13. The van der Waals surface area contributed by atoms with Crippen molar-refractivity contribution in [3.05, 3.63) is 0 Å². The molecule has 17 heavy (non-hydrogen) atoms. The summed E-state index contributed by atoms with van der Waals surface area (Å²) in [6.07, 6.45) is 5.00. The molecule has 0 saturated carbocycles. The lowest BCUT2D eigenvalue weighted by molar-refractivity contribution is 0.0153. The fraction of sp³-hybridized carbons (Fsp3) is 1.00. The van der Waals surface area contributed by atoms with Crippen molar-refractivity contribution in [1.29, 1.82) is 0 Å². The fourth-order valence-electron chi connectivity index (χ4n) is 1.26. The van der Waals surface area contributed by atoms with E-state index >= 15 is 0 Å². The molecule has 0 aliphatic rings. The Bertz CT molecular complexity index is 114. The Labute approximate surface area is 112 Å². The van der Waals surface area contributed by atoms with Crippen LogP contribution in [0.25, 0.3) is 0 Å². The van der Waals surface area contributed by atoms with Crippen LogP contribution < -0.4 is 5.73 Å². The molecule has 0 aromatic rings. The van der Waals surface area contributed by atoms with E-state index in [2.05, 4.69) is 6.92 Å². The van der Waals surface area contributed by atoms with Crippen molar-refractivity contribution in [2.75, 3.05) is 46.2 Å². The number of halogens is 1. The van der Waals surface area contributed by atoms with Crippen molar-refractivity contribution < 1.29 is 14.2 Å². The van der Waals surface area contributed by atoms with Crippen LogP contribution in [0, 0.1) is 0 Å². The molecule has 0 saturated heterocycles. The van der Waals surface area contributed by atoms with Gasteiger partial charge in [-0.15, -0.1) is 12.4 Å². The van der Waals surface area contributed by atoms with Gasteiger partial charge in [0, 0.05) is 13.2 Å². The predicted octanol–water partition coefficient (Wildman–Crippen LogP) is 2.00. The molecule has 0 radical (unpaired) electrons. The first kappa shape index (κ1) is 19.5. The van der Waals surface area contributed by atoms with Crippen LogP contribution in [0.1, 0.15) is 32.6 Å². The van der Waals surface area contributed by atoms with Gasteiger partial charge in [0.2, 0.25) is 0 Å². The minimum absolute atomic E-state index is 0. The first-order chi connectivity index (χ1) is 7.91. The summed E-state index contributed by atoms with van der Waals surface area (Å²) in [5.41, 5.74) is 5.27. The van der Waals surface area contributed by atoms with Crippen LogP contribution in [-0.4, -0.2) is 46.2 Å². The molecule has 0 aromatic carbocycles. The number of unbranched alkanes of at least 4 members (excludes halogenated alkanes) is 3. The summed E-state index contributed by atoms with van der Waals surface area (Å²) in [5, 5.41) is 0. The summed E-state index contributed by atoms with van der Waals surface area (Å²) >= 11 is 0. The summed E-state index contributed by atoms with van der Waals surface area (Å²) in [7, 11) is 0. The van der Waals surface area contributed by atoms with Crippen molar-refractivity contribution in [2.45, 2.75) is 32.6 Å². The van der Waals surface area contributed by atoms with Crippen molar-refractivity contribution in [3.63, 3.8) is 0 Å². The molecule has 5 heteroatoms. The average Bonchev–Trinajstić information content (AvgIpc) is 2.31. The van der Waals surface area contributed by atoms with Gasteiger partial charge in [0.25, 0.3) is 0 Å². The van der Waals surface area contributed by atoms with Gasteiger partial charge in [-0.2, -0.15) is 0 Å². The Morgan fingerprint density at radius 1 is 0.706 bits per heavy atom. The number of nitrogens with two attached hydrogens (primary N) is 1. The molecule has 0 fully saturated rings. The molecule has 2 N–H and O–H groups in total. The van der Waals surface area contributed by atoms with Gasteiger partial charge in [-0.1, -0.05) is 26.2 Å². The molecule has 0 atom stereocenters. The molecule has 0 unspecified atom stereocenters. The molecule has 106 valence electrons. The zero-order chi connectivity index (χ0) is 11.9. The van der Waals surface area contributed by atoms with Gasteiger partial charge in [-0.25, -0.2) is 0 Å². The molecule has 0 amide bonds. The monoisotopic (exact) mass is 269 g/mol. The van der Waals surface area contributed by atoms with E-state index in [1.807, 2.05) is 0 Å². The summed E-state index contributed by atoms with van der Waals surface area (Å²) in [5.74, 6) is 0. The Balaban J connectivity index is 0. The molecule has 0 rings (SSSR count). The maximum atomic E-state index is 5.42. The van der Waals surface area contributed by atoms with E-state index in [9.17, 15) is 0 Å². The minimum atomic E-state index is 0. The molecular weight excluding hydrogens is 242 g/mol. The lowest BCUT2D eigenvalue weighted by Gasteiger charge is -2.06. The van der Waals surface area contributed by atoms with Crippen LogP contribution in [0.4, 0.5) is 0 Å². The highest BCUT2D eigenvalue weighted by Crippen LogP contribution is 1.98. The topological polar surface area (TPSA) is 53.7 Å². The van der Waals surface area contributed by atoms with Gasteiger partial charge in [0.15, 0.2) is 0 Å². The normalized spacial score (nSPS) is 10.2. The standard InChI is InChI=1S/C12H27NO3.ClH/c1-2-3-4-5-7-14-9-11-16-12-10-15-8-6-13;/h2-13H2,1H3;1H. The van der Waals surface area contributed by atoms with E-state index in [0.717, 1.165) is 13.0 Å². The zero-order valence-corrected chi connectivity index (χ0v) is 11.8. The first-order valence-corrected chi connectivity index (χ1v) is 6.35. The largest absolute Gasteiger partial charge is 0.379 e. The second-order valence-electron chi connectivity index (χ2n) is 3.69. The molecule has 0 aliphatic carbocycles. The highest BCUT2D eigenvalue weighted by Gasteiger charge is 1.91. The third-order valence-corrected chi connectivity index (χ3v) is 2.15. The Kier molecular flexibility index (Phi) is 21.2. The highest BCUT2D eigenvalue weighted by atomic mass is 35.5. The third kappa shape index (κ3) is 18.7. The number of hydrogen-bond donors (Lipinski definition) is 1. The highest BCUT2D eigenvalue weighted by molar-refractivity contribution is 5.85. The van der Waals surface area contributed by atoms with Gasteiger partial charge in [-0.05, 0) is 6.42 Å². The van der Waals surface area contributed by atoms with Gasteiger partial charge in [0.05, 0.1) is 33.0 Å². The molecule has 0 bridgehead atoms. The van der Waals surface area contributed by atoms with Crippen molar-refractivity contribution >= 4 is 12.4 Å². The smallest absolute Gasteiger partial charge is 0.0701 e. The summed E-state index contributed by atoms with van der Waals surface area (Å²) in [6, 6.07) is 0. The van der Waals surface area contributed by atoms with Gasteiger partial charge in [0.1, 0.15) is 0 Å². The van der Waals surface area contributed by atoms with Crippen molar-refractivity contribution in [3.8, 4) is 0 Å².